The van der Waals surface area contributed by atoms with Crippen LogP contribution >= 0.6 is 0 Å². The second-order valence-electron chi connectivity index (χ2n) is 6.05. The van der Waals surface area contributed by atoms with Crippen molar-refractivity contribution in [2.45, 2.75) is 26.7 Å². The molecular formula is C17H22N6O. The summed E-state index contributed by atoms with van der Waals surface area (Å²) in [6.07, 6.45) is 5.60. The highest BCUT2D eigenvalue weighted by Gasteiger charge is 2.34. The number of fused-ring (bicyclic) bond motifs is 1. The van der Waals surface area contributed by atoms with Gasteiger partial charge in [0.2, 0.25) is 0 Å². The maximum atomic E-state index is 12.2. The number of allylic oxidation sites excluding steroid dienone is 4. The Labute approximate surface area is 141 Å². The van der Waals surface area contributed by atoms with Crippen molar-refractivity contribution in [2.75, 3.05) is 6.54 Å². The van der Waals surface area contributed by atoms with E-state index in [9.17, 15) is 4.79 Å². The number of hydrogen-bond acceptors (Lipinski definition) is 5. The molecule has 2 aliphatic rings. The minimum Gasteiger partial charge on any atom is -0.351 e. The molecule has 1 aromatic rings. The number of rotatable bonds is 4. The van der Waals surface area contributed by atoms with E-state index in [-0.39, 0.29) is 23.2 Å². The molecule has 0 aromatic carbocycles. The van der Waals surface area contributed by atoms with Gasteiger partial charge < -0.3 is 10.7 Å². The molecule has 1 atom stereocenters. The van der Waals surface area contributed by atoms with Gasteiger partial charge in [-0.25, -0.2) is 0 Å². The lowest BCUT2D eigenvalue weighted by Gasteiger charge is -2.29. The predicted octanol–water partition coefficient (Wildman–Crippen LogP) is 1.52. The normalized spacial score (nSPS) is 19.7. The number of nitrogens with zero attached hydrogens (tertiary/aromatic N) is 3. The highest BCUT2D eigenvalue weighted by Crippen LogP contribution is 2.32. The van der Waals surface area contributed by atoms with E-state index in [1.54, 1.807) is 0 Å². The Morgan fingerprint density at radius 1 is 1.54 bits per heavy atom. The molecule has 0 bridgehead atoms. The van der Waals surface area contributed by atoms with Gasteiger partial charge in [0.25, 0.3) is 5.91 Å². The smallest absolute Gasteiger partial charge is 0.273 e. The van der Waals surface area contributed by atoms with Gasteiger partial charge in [-0.2, -0.15) is 10.2 Å². The Morgan fingerprint density at radius 3 is 3.00 bits per heavy atom. The summed E-state index contributed by atoms with van der Waals surface area (Å²) in [5.41, 5.74) is 7.19. The Hall–Kier alpha value is -2.70. The zero-order valence-electron chi connectivity index (χ0n) is 14.2. The van der Waals surface area contributed by atoms with Crippen molar-refractivity contribution in [1.29, 1.82) is 5.41 Å². The summed E-state index contributed by atoms with van der Waals surface area (Å²) in [6, 6.07) is 2.01. The van der Waals surface area contributed by atoms with Crippen LogP contribution in [0.1, 0.15) is 31.2 Å². The van der Waals surface area contributed by atoms with Crippen LogP contribution in [0.5, 0.6) is 0 Å². The van der Waals surface area contributed by atoms with Gasteiger partial charge in [0.05, 0.1) is 22.8 Å². The van der Waals surface area contributed by atoms with Crippen LogP contribution in [0, 0.1) is 18.3 Å². The minimum absolute atomic E-state index is 0.174. The molecule has 3 N–H and O–H groups in total. The van der Waals surface area contributed by atoms with E-state index in [0.29, 0.717) is 13.0 Å². The van der Waals surface area contributed by atoms with Crippen molar-refractivity contribution < 1.29 is 4.79 Å². The number of hydrogen-bond donors (Lipinski definition) is 3. The van der Waals surface area contributed by atoms with Crippen LogP contribution < -0.4 is 10.7 Å². The van der Waals surface area contributed by atoms with Gasteiger partial charge in [-0.15, -0.1) is 0 Å². The molecule has 1 aromatic heterocycles. The van der Waals surface area contributed by atoms with Crippen molar-refractivity contribution in [1.82, 2.24) is 20.5 Å². The summed E-state index contributed by atoms with van der Waals surface area (Å²) in [4.78, 5) is 12.2. The summed E-state index contributed by atoms with van der Waals surface area (Å²) in [6.45, 7) is 4.52. The van der Waals surface area contributed by atoms with Gasteiger partial charge in [0, 0.05) is 25.1 Å². The molecule has 1 aliphatic heterocycles. The van der Waals surface area contributed by atoms with Crippen molar-refractivity contribution in [3.05, 3.63) is 35.3 Å². The largest absolute Gasteiger partial charge is 0.351 e. The van der Waals surface area contributed by atoms with E-state index in [4.69, 9.17) is 5.41 Å². The van der Waals surface area contributed by atoms with E-state index in [0.717, 1.165) is 29.1 Å². The van der Waals surface area contributed by atoms with Crippen LogP contribution in [0.4, 0.5) is 0 Å². The number of carbonyl (C=O) groups is 1. The third-order valence-electron chi connectivity index (χ3n) is 4.22. The van der Waals surface area contributed by atoms with Crippen molar-refractivity contribution in [3.8, 4) is 0 Å². The molecule has 1 aliphatic carbocycles. The molecule has 0 radical (unpaired) electrons. The number of carbonyl (C=O) groups excluding carboxylic acids is 1. The fourth-order valence-corrected chi connectivity index (χ4v) is 3.04. The number of amides is 1. The quantitative estimate of drug-likeness (QED) is 0.783. The van der Waals surface area contributed by atoms with Crippen LogP contribution in [0.15, 0.2) is 29.0 Å². The Balaban J connectivity index is 1.96. The third kappa shape index (κ3) is 2.77. The Morgan fingerprint density at radius 2 is 2.33 bits per heavy atom. The zero-order valence-corrected chi connectivity index (χ0v) is 14.2. The maximum absolute atomic E-state index is 12.2. The van der Waals surface area contributed by atoms with Crippen molar-refractivity contribution in [2.24, 2.45) is 18.1 Å². The molecule has 7 nitrogen and oxygen atoms in total. The van der Waals surface area contributed by atoms with Crippen LogP contribution in [0.2, 0.25) is 0 Å². The SMILES string of the molecule is CCCNC(=O)C1=NNC2=C(c3cc(C)nn3C)C=CCC2C1=N. The maximum Gasteiger partial charge on any atom is 0.273 e. The first kappa shape index (κ1) is 16.2. The summed E-state index contributed by atoms with van der Waals surface area (Å²) in [5.74, 6) is -0.471. The average Bonchev–Trinajstić information content (AvgIpc) is 2.91. The molecule has 0 fully saturated rings. The van der Waals surface area contributed by atoms with E-state index in [1.165, 1.54) is 0 Å². The molecule has 7 heteroatoms. The summed E-state index contributed by atoms with van der Waals surface area (Å²) in [5, 5.41) is 19.8. The summed E-state index contributed by atoms with van der Waals surface area (Å²) < 4.78 is 1.82. The van der Waals surface area contributed by atoms with E-state index in [1.807, 2.05) is 43.8 Å². The van der Waals surface area contributed by atoms with Gasteiger partial charge >= 0.3 is 0 Å². The van der Waals surface area contributed by atoms with Crippen LogP contribution in [-0.4, -0.2) is 33.7 Å². The van der Waals surface area contributed by atoms with Gasteiger partial charge in [-0.3, -0.25) is 14.9 Å². The predicted molar refractivity (Wildman–Crippen MR) is 93.7 cm³/mol. The molecule has 24 heavy (non-hydrogen) atoms. The fourth-order valence-electron chi connectivity index (χ4n) is 3.04. The minimum atomic E-state index is -0.291. The number of aryl methyl sites for hydroxylation is 2. The topological polar surface area (TPSA) is 95.2 Å². The van der Waals surface area contributed by atoms with Crippen molar-refractivity contribution >= 4 is 22.9 Å². The summed E-state index contributed by atoms with van der Waals surface area (Å²) >= 11 is 0. The molecule has 1 unspecified atom stereocenters. The lowest BCUT2D eigenvalue weighted by atomic mass is 9.84. The molecule has 3 rings (SSSR count). The first-order chi connectivity index (χ1) is 11.5. The third-order valence-corrected chi connectivity index (χ3v) is 4.22. The second-order valence-corrected chi connectivity index (χ2v) is 6.05. The number of nitrogens with one attached hydrogen (secondary N) is 3. The van der Waals surface area contributed by atoms with E-state index >= 15 is 0 Å². The Bertz CT molecular complexity index is 783. The Kier molecular flexibility index (Phi) is 4.33. The zero-order chi connectivity index (χ0) is 17.3. The lowest BCUT2D eigenvalue weighted by Crippen LogP contribution is -2.45. The number of hydrazone groups is 1. The first-order valence-corrected chi connectivity index (χ1v) is 8.15. The molecule has 1 amide bonds. The van der Waals surface area contributed by atoms with Crippen LogP contribution in [0.3, 0.4) is 0 Å². The molecule has 2 heterocycles. The first-order valence-electron chi connectivity index (χ1n) is 8.15. The van der Waals surface area contributed by atoms with Gasteiger partial charge in [-0.1, -0.05) is 19.1 Å². The lowest BCUT2D eigenvalue weighted by molar-refractivity contribution is -0.114. The van der Waals surface area contributed by atoms with Crippen LogP contribution in [-0.2, 0) is 11.8 Å². The average molecular weight is 326 g/mol. The second kappa shape index (κ2) is 6.43. The molecule has 0 spiro atoms. The highest BCUT2D eigenvalue weighted by molar-refractivity contribution is 6.67. The molecule has 0 saturated carbocycles. The monoisotopic (exact) mass is 326 g/mol. The molecule has 0 saturated heterocycles. The fraction of sp³-hybridized carbons (Fsp3) is 0.412. The highest BCUT2D eigenvalue weighted by atomic mass is 16.2. The van der Waals surface area contributed by atoms with Gasteiger partial charge in [0.1, 0.15) is 0 Å². The van der Waals surface area contributed by atoms with Crippen molar-refractivity contribution in [3.63, 3.8) is 0 Å². The van der Waals surface area contributed by atoms with Gasteiger partial charge in [0.15, 0.2) is 5.71 Å². The van der Waals surface area contributed by atoms with E-state index < -0.39 is 0 Å². The van der Waals surface area contributed by atoms with Crippen LogP contribution in [0.25, 0.3) is 5.57 Å². The van der Waals surface area contributed by atoms with E-state index in [2.05, 4.69) is 20.9 Å². The number of aromatic nitrogens is 2. The van der Waals surface area contributed by atoms with Gasteiger partial charge in [-0.05, 0) is 25.8 Å². The molecule has 126 valence electrons. The summed E-state index contributed by atoms with van der Waals surface area (Å²) in [7, 11) is 1.90. The standard InChI is InChI=1S/C17H22N6O/c1-4-8-19-17(24)16-14(18)12-7-5-6-11(15(12)20-21-16)13-9-10(2)22-23(13)3/h5-6,9,12,18,20H,4,7-8H2,1-3H3,(H,19,24). The molecular weight excluding hydrogens is 304 g/mol.